The van der Waals surface area contributed by atoms with Crippen molar-refractivity contribution in [1.29, 1.82) is 5.26 Å². The van der Waals surface area contributed by atoms with E-state index in [1.54, 1.807) is 6.26 Å². The second-order valence-corrected chi connectivity index (χ2v) is 4.38. The maximum atomic E-state index is 9.21. The van der Waals surface area contributed by atoms with E-state index in [1.165, 1.54) is 0 Å². The first-order valence-electron chi connectivity index (χ1n) is 5.46. The quantitative estimate of drug-likeness (QED) is 0.723. The SMILES string of the molecule is N#Cc1c(Cl)nc2c(c1-c1ccco1)CCC2. The lowest BCUT2D eigenvalue weighted by molar-refractivity contribution is 0.581. The molecule has 0 unspecified atom stereocenters. The van der Waals surface area contributed by atoms with Gasteiger partial charge < -0.3 is 4.42 Å². The van der Waals surface area contributed by atoms with Crippen molar-refractivity contribution < 1.29 is 4.42 Å². The molecule has 0 amide bonds. The molecule has 1 aliphatic carbocycles. The molecule has 0 spiro atoms. The van der Waals surface area contributed by atoms with Crippen molar-refractivity contribution >= 4 is 11.6 Å². The van der Waals surface area contributed by atoms with Gasteiger partial charge in [0.25, 0.3) is 0 Å². The first kappa shape index (κ1) is 10.4. The maximum absolute atomic E-state index is 9.21. The van der Waals surface area contributed by atoms with E-state index in [1.807, 2.05) is 12.1 Å². The minimum absolute atomic E-state index is 0.277. The van der Waals surface area contributed by atoms with E-state index < -0.39 is 0 Å². The smallest absolute Gasteiger partial charge is 0.147 e. The van der Waals surface area contributed by atoms with Crippen LogP contribution in [-0.4, -0.2) is 4.98 Å². The van der Waals surface area contributed by atoms with Crippen LogP contribution in [-0.2, 0) is 12.8 Å². The van der Waals surface area contributed by atoms with Crippen molar-refractivity contribution in [2.45, 2.75) is 19.3 Å². The number of aromatic nitrogens is 1. The summed E-state index contributed by atoms with van der Waals surface area (Å²) in [5.41, 5.74) is 3.36. The zero-order chi connectivity index (χ0) is 11.8. The Labute approximate surface area is 104 Å². The number of nitriles is 1. The molecule has 4 heteroatoms. The predicted octanol–water partition coefficient (Wildman–Crippen LogP) is 3.36. The maximum Gasteiger partial charge on any atom is 0.147 e. The van der Waals surface area contributed by atoms with Crippen molar-refractivity contribution in [2.24, 2.45) is 0 Å². The summed E-state index contributed by atoms with van der Waals surface area (Å²) in [6.07, 6.45) is 4.52. The van der Waals surface area contributed by atoms with Crippen LogP contribution in [0.5, 0.6) is 0 Å². The molecule has 0 N–H and O–H groups in total. The Bertz CT molecular complexity index is 611. The lowest BCUT2D eigenvalue weighted by atomic mass is 10.0. The van der Waals surface area contributed by atoms with Crippen LogP contribution < -0.4 is 0 Å². The van der Waals surface area contributed by atoms with Gasteiger partial charge in [-0.3, -0.25) is 0 Å². The van der Waals surface area contributed by atoms with Gasteiger partial charge in [0, 0.05) is 11.3 Å². The topological polar surface area (TPSA) is 49.8 Å². The Hall–Kier alpha value is -1.79. The first-order valence-corrected chi connectivity index (χ1v) is 5.84. The summed E-state index contributed by atoms with van der Waals surface area (Å²) in [7, 11) is 0. The molecule has 0 bridgehead atoms. The highest BCUT2D eigenvalue weighted by molar-refractivity contribution is 6.31. The summed E-state index contributed by atoms with van der Waals surface area (Å²) in [5.74, 6) is 0.698. The van der Waals surface area contributed by atoms with E-state index >= 15 is 0 Å². The molecule has 0 atom stereocenters. The average molecular weight is 245 g/mol. The van der Waals surface area contributed by atoms with Crippen LogP contribution >= 0.6 is 11.6 Å². The van der Waals surface area contributed by atoms with Crippen molar-refractivity contribution in [3.8, 4) is 17.4 Å². The highest BCUT2D eigenvalue weighted by atomic mass is 35.5. The molecule has 0 radical (unpaired) electrons. The monoisotopic (exact) mass is 244 g/mol. The number of aryl methyl sites for hydroxylation is 1. The summed E-state index contributed by atoms with van der Waals surface area (Å²) in [6, 6.07) is 5.79. The molecular formula is C13H9ClN2O. The minimum Gasteiger partial charge on any atom is -0.464 e. The van der Waals surface area contributed by atoms with Crippen LogP contribution in [0.1, 0.15) is 23.2 Å². The van der Waals surface area contributed by atoms with Crippen molar-refractivity contribution in [3.63, 3.8) is 0 Å². The Kier molecular flexibility index (Phi) is 2.38. The number of fused-ring (bicyclic) bond motifs is 1. The minimum atomic E-state index is 0.277. The largest absolute Gasteiger partial charge is 0.464 e. The van der Waals surface area contributed by atoms with Gasteiger partial charge in [0.15, 0.2) is 0 Å². The van der Waals surface area contributed by atoms with Crippen molar-refractivity contribution in [2.75, 3.05) is 0 Å². The molecule has 1 aliphatic rings. The fourth-order valence-electron chi connectivity index (χ4n) is 2.34. The fourth-order valence-corrected chi connectivity index (χ4v) is 2.58. The summed E-state index contributed by atoms with van der Waals surface area (Å²) < 4.78 is 5.40. The number of pyridine rings is 1. The Balaban J connectivity index is 2.35. The highest BCUT2D eigenvalue weighted by Crippen LogP contribution is 2.37. The number of hydrogen-bond acceptors (Lipinski definition) is 3. The molecule has 17 heavy (non-hydrogen) atoms. The van der Waals surface area contributed by atoms with E-state index in [0.717, 1.165) is 36.1 Å². The lowest BCUT2D eigenvalue weighted by Crippen LogP contribution is -1.97. The number of nitrogens with zero attached hydrogens (tertiary/aromatic N) is 2. The molecular weight excluding hydrogens is 236 g/mol. The van der Waals surface area contributed by atoms with Crippen LogP contribution in [0.15, 0.2) is 22.8 Å². The van der Waals surface area contributed by atoms with Crippen LogP contribution in [0.25, 0.3) is 11.3 Å². The molecule has 2 aromatic rings. The third-order valence-electron chi connectivity index (χ3n) is 3.06. The number of rotatable bonds is 1. The second-order valence-electron chi connectivity index (χ2n) is 4.02. The summed E-state index contributed by atoms with van der Waals surface area (Å²) >= 11 is 6.05. The van der Waals surface area contributed by atoms with Crippen molar-refractivity contribution in [3.05, 3.63) is 40.4 Å². The number of furan rings is 1. The first-order chi connectivity index (χ1) is 8.31. The molecule has 2 aromatic heterocycles. The van der Waals surface area contributed by atoms with E-state index in [4.69, 9.17) is 16.0 Å². The molecule has 0 saturated heterocycles. The lowest BCUT2D eigenvalue weighted by Gasteiger charge is -2.09. The number of halogens is 1. The zero-order valence-corrected chi connectivity index (χ0v) is 9.79. The van der Waals surface area contributed by atoms with Gasteiger partial charge in [-0.1, -0.05) is 11.6 Å². The third kappa shape index (κ3) is 1.53. The molecule has 0 aromatic carbocycles. The van der Waals surface area contributed by atoms with E-state index in [0.29, 0.717) is 11.3 Å². The van der Waals surface area contributed by atoms with Gasteiger partial charge in [-0.05, 0) is 37.0 Å². The summed E-state index contributed by atoms with van der Waals surface area (Å²) in [4.78, 5) is 4.30. The standard InChI is InChI=1S/C13H9ClN2O/c14-13-9(7-15)12(11-5-2-6-17-11)8-3-1-4-10(8)16-13/h2,5-6H,1,3-4H2. The van der Waals surface area contributed by atoms with Gasteiger partial charge in [-0.25, -0.2) is 4.98 Å². The van der Waals surface area contributed by atoms with Crippen molar-refractivity contribution in [1.82, 2.24) is 4.98 Å². The molecule has 0 fully saturated rings. The van der Waals surface area contributed by atoms with Crippen LogP contribution in [0.4, 0.5) is 0 Å². The molecule has 0 aliphatic heterocycles. The van der Waals surface area contributed by atoms with E-state index in [9.17, 15) is 5.26 Å². The Morgan fingerprint density at radius 1 is 1.41 bits per heavy atom. The summed E-state index contributed by atoms with van der Waals surface area (Å²) in [6.45, 7) is 0. The Morgan fingerprint density at radius 2 is 2.29 bits per heavy atom. The normalized spacial score (nSPS) is 13.4. The fraction of sp³-hybridized carbons (Fsp3) is 0.231. The average Bonchev–Trinajstić information content (AvgIpc) is 2.97. The van der Waals surface area contributed by atoms with Gasteiger partial charge in [0.2, 0.25) is 0 Å². The molecule has 84 valence electrons. The van der Waals surface area contributed by atoms with Gasteiger partial charge in [-0.15, -0.1) is 0 Å². The highest BCUT2D eigenvalue weighted by Gasteiger charge is 2.24. The van der Waals surface area contributed by atoms with E-state index in [-0.39, 0.29) is 5.15 Å². The molecule has 3 rings (SSSR count). The summed E-state index contributed by atoms with van der Waals surface area (Å²) in [5, 5.41) is 9.49. The zero-order valence-electron chi connectivity index (χ0n) is 9.03. The Morgan fingerprint density at radius 3 is 3.00 bits per heavy atom. The van der Waals surface area contributed by atoms with Crippen LogP contribution in [0.2, 0.25) is 5.15 Å². The second kappa shape index (κ2) is 3.90. The van der Waals surface area contributed by atoms with Crippen LogP contribution in [0.3, 0.4) is 0 Å². The molecule has 3 nitrogen and oxygen atoms in total. The molecule has 2 heterocycles. The number of hydrogen-bond donors (Lipinski definition) is 0. The van der Waals surface area contributed by atoms with Crippen LogP contribution in [0, 0.1) is 11.3 Å². The predicted molar refractivity (Wildman–Crippen MR) is 63.7 cm³/mol. The van der Waals surface area contributed by atoms with E-state index in [2.05, 4.69) is 11.1 Å². The van der Waals surface area contributed by atoms with Gasteiger partial charge in [-0.2, -0.15) is 5.26 Å². The molecule has 0 saturated carbocycles. The third-order valence-corrected chi connectivity index (χ3v) is 3.33. The van der Waals surface area contributed by atoms with Gasteiger partial charge >= 0.3 is 0 Å². The van der Waals surface area contributed by atoms with Gasteiger partial charge in [0.1, 0.15) is 22.5 Å². The van der Waals surface area contributed by atoms with Gasteiger partial charge in [0.05, 0.1) is 6.26 Å².